The summed E-state index contributed by atoms with van der Waals surface area (Å²) >= 11 is 1.86. The van der Waals surface area contributed by atoms with Crippen LogP contribution in [0.4, 0.5) is 0 Å². The normalized spacial score (nSPS) is 12.8. The Kier molecular flexibility index (Phi) is 5.38. The van der Waals surface area contributed by atoms with Crippen LogP contribution in [0.3, 0.4) is 0 Å². The van der Waals surface area contributed by atoms with Crippen molar-refractivity contribution < 1.29 is 0 Å². The van der Waals surface area contributed by atoms with Crippen molar-refractivity contribution in [1.29, 1.82) is 0 Å². The molecule has 10 aromatic rings. The minimum Gasteiger partial charge on any atom is -0.278 e. The number of aromatic nitrogens is 3. The molecule has 3 nitrogen and oxygen atoms in total. The van der Waals surface area contributed by atoms with E-state index in [0.717, 1.165) is 46.0 Å². The second kappa shape index (κ2) is 9.83. The maximum Gasteiger partial charge on any atom is 0.235 e. The molecule has 0 unspecified atom stereocenters. The number of nitrogens with zero attached hydrogens (tertiary/aromatic N) is 3. The molecular weight excluding hydrogens is 603 g/mol. The lowest BCUT2D eigenvalue weighted by Gasteiger charge is -2.14. The zero-order valence-electron chi connectivity index (χ0n) is 25.9. The molecule has 0 amide bonds. The van der Waals surface area contributed by atoms with E-state index >= 15 is 0 Å². The van der Waals surface area contributed by atoms with Crippen LogP contribution in [0.15, 0.2) is 140 Å². The molecule has 0 radical (unpaired) electrons. The van der Waals surface area contributed by atoms with Crippen molar-refractivity contribution in [3.8, 4) is 28.3 Å². The topological polar surface area (TPSA) is 30.7 Å². The first kappa shape index (κ1) is 26.3. The monoisotopic (exact) mass is 629 g/mol. The molecule has 1 aliphatic carbocycles. The fourth-order valence-electron chi connectivity index (χ4n) is 8.10. The number of benzene rings is 7. The van der Waals surface area contributed by atoms with Crippen LogP contribution in [0, 0.1) is 0 Å². The van der Waals surface area contributed by atoms with Crippen LogP contribution in [0.25, 0.3) is 92.0 Å². The Bertz CT molecular complexity index is 2950. The van der Waals surface area contributed by atoms with E-state index in [1.165, 1.54) is 64.0 Å². The average Bonchev–Trinajstić information content (AvgIpc) is 3.83. The van der Waals surface area contributed by atoms with Gasteiger partial charge in [-0.25, -0.2) is 9.97 Å². The highest BCUT2D eigenvalue weighted by atomic mass is 32.1. The Morgan fingerprint density at radius 2 is 1.17 bits per heavy atom. The highest BCUT2D eigenvalue weighted by Gasteiger charge is 2.21. The van der Waals surface area contributed by atoms with Gasteiger partial charge in [-0.3, -0.25) is 4.57 Å². The van der Waals surface area contributed by atoms with E-state index < -0.39 is 0 Å². The summed E-state index contributed by atoms with van der Waals surface area (Å²) in [5.74, 6) is 0.692. The lowest BCUT2D eigenvalue weighted by Crippen LogP contribution is -2.03. The fourth-order valence-corrected chi connectivity index (χ4v) is 9.18. The smallest absolute Gasteiger partial charge is 0.235 e. The summed E-state index contributed by atoms with van der Waals surface area (Å²) in [5, 5.41) is 8.77. The van der Waals surface area contributed by atoms with E-state index in [2.05, 4.69) is 144 Å². The van der Waals surface area contributed by atoms with Gasteiger partial charge in [-0.1, -0.05) is 97.1 Å². The van der Waals surface area contributed by atoms with E-state index in [0.29, 0.717) is 5.95 Å². The molecule has 4 heteroatoms. The largest absolute Gasteiger partial charge is 0.278 e. The summed E-state index contributed by atoms with van der Waals surface area (Å²) in [5.41, 5.74) is 10.6. The van der Waals surface area contributed by atoms with Gasteiger partial charge in [-0.05, 0) is 88.3 Å². The van der Waals surface area contributed by atoms with Gasteiger partial charge in [-0.2, -0.15) is 0 Å². The van der Waals surface area contributed by atoms with Crippen molar-refractivity contribution in [2.24, 2.45) is 0 Å². The van der Waals surface area contributed by atoms with Gasteiger partial charge in [-0.15, -0.1) is 11.3 Å². The summed E-state index contributed by atoms with van der Waals surface area (Å²) in [4.78, 5) is 10.7. The molecule has 1 aliphatic rings. The third-order valence-electron chi connectivity index (χ3n) is 10.3. The predicted octanol–water partition coefficient (Wildman–Crippen LogP) is 11.7. The first-order chi connectivity index (χ1) is 23.8. The van der Waals surface area contributed by atoms with Gasteiger partial charge >= 0.3 is 0 Å². The third-order valence-corrected chi connectivity index (χ3v) is 11.5. The van der Waals surface area contributed by atoms with Crippen LogP contribution in [0.1, 0.15) is 11.1 Å². The van der Waals surface area contributed by atoms with Gasteiger partial charge < -0.3 is 0 Å². The lowest BCUT2D eigenvalue weighted by atomic mass is 9.96. The Morgan fingerprint density at radius 3 is 2.08 bits per heavy atom. The molecule has 0 saturated carbocycles. The molecule has 0 N–H and O–H groups in total. The second-order valence-corrected chi connectivity index (χ2v) is 14.0. The van der Waals surface area contributed by atoms with E-state index in [1.807, 2.05) is 11.3 Å². The van der Waals surface area contributed by atoms with Crippen molar-refractivity contribution >= 4 is 75.0 Å². The van der Waals surface area contributed by atoms with Gasteiger partial charge in [0.1, 0.15) is 0 Å². The highest BCUT2D eigenvalue weighted by molar-refractivity contribution is 7.25. The number of aryl methyl sites for hydroxylation is 2. The summed E-state index contributed by atoms with van der Waals surface area (Å²) in [7, 11) is 0. The molecule has 0 fully saturated rings. The lowest BCUT2D eigenvalue weighted by molar-refractivity contribution is 1.01. The second-order valence-electron chi connectivity index (χ2n) is 12.9. The van der Waals surface area contributed by atoms with Gasteiger partial charge in [0.05, 0.1) is 22.2 Å². The molecular formula is C44H27N3S. The fraction of sp³-hybridized carbons (Fsp3) is 0.0455. The molecule has 3 heterocycles. The van der Waals surface area contributed by atoms with Crippen LogP contribution < -0.4 is 0 Å². The van der Waals surface area contributed by atoms with Gasteiger partial charge in [0.25, 0.3) is 0 Å². The molecule has 0 spiro atoms. The summed E-state index contributed by atoms with van der Waals surface area (Å²) < 4.78 is 4.90. The Balaban J connectivity index is 1.15. The average molecular weight is 630 g/mol. The number of fused-ring (bicyclic) bond motifs is 7. The number of hydrogen-bond acceptors (Lipinski definition) is 3. The van der Waals surface area contributed by atoms with Crippen molar-refractivity contribution in [2.75, 3.05) is 0 Å². The van der Waals surface area contributed by atoms with Crippen molar-refractivity contribution in [2.45, 2.75) is 12.8 Å². The maximum absolute atomic E-state index is 5.43. The highest BCUT2D eigenvalue weighted by Crippen LogP contribution is 2.41. The summed E-state index contributed by atoms with van der Waals surface area (Å²) in [6.45, 7) is 0. The minimum atomic E-state index is 0.692. The van der Waals surface area contributed by atoms with E-state index in [-0.39, 0.29) is 0 Å². The quantitative estimate of drug-likeness (QED) is 0.195. The Morgan fingerprint density at radius 1 is 0.479 bits per heavy atom. The molecule has 0 saturated heterocycles. The zero-order chi connectivity index (χ0) is 31.3. The van der Waals surface area contributed by atoms with Gasteiger partial charge in [0, 0.05) is 41.9 Å². The standard InChI is InChI=1S/C44H27N3S/c1-4-13-37-34(11-1)43(33-21-18-27-17-16-26-8-7-12-32(33)42(26)27)46-44(45-37)47-38-14-5-2-9-30(38)35-24-28(19-22-39(35)47)29-20-23-41-36(25-29)31-10-3-6-15-40(31)48-41/h1-15,18-25H,16-17H2. The number of hydrogen-bond donors (Lipinski definition) is 0. The predicted molar refractivity (Wildman–Crippen MR) is 203 cm³/mol. The third kappa shape index (κ3) is 3.69. The van der Waals surface area contributed by atoms with E-state index in [1.54, 1.807) is 0 Å². The van der Waals surface area contributed by atoms with Crippen LogP contribution in [0.2, 0.25) is 0 Å². The molecule has 224 valence electrons. The van der Waals surface area contributed by atoms with Crippen LogP contribution >= 0.6 is 11.3 Å². The SMILES string of the molecule is c1ccc2c(-c3ccc4c5c(cccc35)CC4)nc(-n3c4ccccc4c4cc(-c5ccc6sc7ccccc7c6c5)ccc43)nc2c1. The molecule has 48 heavy (non-hydrogen) atoms. The molecule has 0 atom stereocenters. The number of rotatable bonds is 3. The van der Waals surface area contributed by atoms with Crippen LogP contribution in [-0.4, -0.2) is 14.5 Å². The van der Waals surface area contributed by atoms with E-state index in [4.69, 9.17) is 9.97 Å². The number of thiophene rings is 1. The van der Waals surface area contributed by atoms with Crippen LogP contribution in [0.5, 0.6) is 0 Å². The van der Waals surface area contributed by atoms with Crippen molar-refractivity contribution in [3.63, 3.8) is 0 Å². The first-order valence-corrected chi connectivity index (χ1v) is 17.4. The molecule has 0 bridgehead atoms. The molecule has 3 aromatic heterocycles. The number of para-hydroxylation sites is 2. The Hall–Kier alpha value is -5.84. The minimum absolute atomic E-state index is 0.692. The maximum atomic E-state index is 5.43. The summed E-state index contributed by atoms with van der Waals surface area (Å²) in [6.07, 6.45) is 2.21. The Labute approximate surface area is 280 Å². The van der Waals surface area contributed by atoms with Crippen LogP contribution in [-0.2, 0) is 12.8 Å². The summed E-state index contributed by atoms with van der Waals surface area (Å²) in [6, 6.07) is 50.8. The van der Waals surface area contributed by atoms with Crippen molar-refractivity contribution in [1.82, 2.24) is 14.5 Å². The first-order valence-electron chi connectivity index (χ1n) is 16.5. The van der Waals surface area contributed by atoms with Crippen molar-refractivity contribution in [3.05, 3.63) is 151 Å². The molecule has 11 rings (SSSR count). The van der Waals surface area contributed by atoms with E-state index in [9.17, 15) is 0 Å². The zero-order valence-corrected chi connectivity index (χ0v) is 26.8. The van der Waals surface area contributed by atoms with Gasteiger partial charge in [0.15, 0.2) is 0 Å². The molecule has 7 aromatic carbocycles. The van der Waals surface area contributed by atoms with Gasteiger partial charge in [0.2, 0.25) is 5.95 Å². The molecule has 0 aliphatic heterocycles.